The van der Waals surface area contributed by atoms with E-state index in [1.807, 2.05) is 48.8 Å². The smallest absolute Gasteiger partial charge is 0.178 e. The van der Waals surface area contributed by atoms with Gasteiger partial charge in [-0.2, -0.15) is 5.10 Å². The molecule has 9 heteroatoms. The summed E-state index contributed by atoms with van der Waals surface area (Å²) in [6.45, 7) is 4.19. The number of hydrogen-bond donors (Lipinski definition) is 3. The summed E-state index contributed by atoms with van der Waals surface area (Å²) in [7, 11) is 0. The molecule has 0 aliphatic rings. The Labute approximate surface area is 194 Å². The lowest BCUT2D eigenvalue weighted by molar-refractivity contribution is 0.898. The van der Waals surface area contributed by atoms with E-state index < -0.39 is 0 Å². The van der Waals surface area contributed by atoms with Crippen molar-refractivity contribution in [2.45, 2.75) is 19.9 Å². The molecule has 0 bridgehead atoms. The summed E-state index contributed by atoms with van der Waals surface area (Å²) >= 11 is 0. The number of H-pyrrole nitrogens is 2. The number of hydrogen-bond acceptors (Lipinski definition) is 7. The largest absolute Gasteiger partial charge is 0.382 e. The Morgan fingerprint density at radius 2 is 1.76 bits per heavy atom. The van der Waals surface area contributed by atoms with Crippen molar-refractivity contribution in [3.63, 3.8) is 0 Å². The highest BCUT2D eigenvalue weighted by Gasteiger charge is 2.17. The highest BCUT2D eigenvalue weighted by Crippen LogP contribution is 2.31. The predicted octanol–water partition coefficient (Wildman–Crippen LogP) is 4.84. The summed E-state index contributed by atoms with van der Waals surface area (Å²) < 4.78 is 0. The summed E-state index contributed by atoms with van der Waals surface area (Å²) in [4.78, 5) is 26.0. The molecule has 3 N–H and O–H groups in total. The maximum absolute atomic E-state index is 4.90. The molecule has 6 aromatic rings. The van der Waals surface area contributed by atoms with E-state index in [1.165, 1.54) is 0 Å². The second kappa shape index (κ2) is 8.04. The monoisotopic (exact) mass is 447 g/mol. The van der Waals surface area contributed by atoms with E-state index in [-0.39, 0.29) is 0 Å². The number of fused-ring (bicyclic) bond motifs is 2. The maximum atomic E-state index is 4.90. The van der Waals surface area contributed by atoms with Gasteiger partial charge in [0.1, 0.15) is 5.52 Å². The number of nitrogens with zero attached hydrogens (tertiary/aromatic N) is 6. The first kappa shape index (κ1) is 20.0. The molecule has 0 amide bonds. The van der Waals surface area contributed by atoms with Gasteiger partial charge in [-0.15, -0.1) is 0 Å². The Hall–Kier alpha value is -4.66. The zero-order valence-corrected chi connectivity index (χ0v) is 18.6. The van der Waals surface area contributed by atoms with Crippen molar-refractivity contribution >= 4 is 27.9 Å². The first-order valence-electron chi connectivity index (χ1n) is 11.0. The van der Waals surface area contributed by atoms with E-state index in [0.29, 0.717) is 23.2 Å². The van der Waals surface area contributed by atoms with Gasteiger partial charge in [-0.05, 0) is 55.8 Å². The molecular formula is C25H21N9. The number of aromatic nitrogens is 8. The van der Waals surface area contributed by atoms with E-state index in [0.717, 1.165) is 44.6 Å². The third kappa shape index (κ3) is 3.53. The Bertz CT molecular complexity index is 1620. The van der Waals surface area contributed by atoms with Crippen molar-refractivity contribution in [1.29, 1.82) is 0 Å². The molecular weight excluding hydrogens is 426 g/mol. The standard InChI is InChI=1S/C25H21N9/c1-14(2)29-17-11-16(12-27-13-17)19-3-4-20-22(30-19)23(34-33-20)25-31-21-18(7-10-28-24(21)32-25)15-5-8-26-9-6-15/h3-14,29H,1-2H3,(H,33,34)(H,28,31,32). The van der Waals surface area contributed by atoms with Crippen molar-refractivity contribution in [3.05, 3.63) is 67.4 Å². The van der Waals surface area contributed by atoms with Crippen LogP contribution in [0.5, 0.6) is 0 Å². The lowest BCUT2D eigenvalue weighted by Gasteiger charge is -2.10. The van der Waals surface area contributed by atoms with Crippen LogP contribution < -0.4 is 5.32 Å². The highest BCUT2D eigenvalue weighted by atomic mass is 15.2. The van der Waals surface area contributed by atoms with Crippen LogP contribution in [-0.2, 0) is 0 Å². The van der Waals surface area contributed by atoms with Gasteiger partial charge in [0.2, 0.25) is 0 Å². The van der Waals surface area contributed by atoms with Gasteiger partial charge >= 0.3 is 0 Å². The van der Waals surface area contributed by atoms with Crippen LogP contribution in [-0.4, -0.2) is 46.1 Å². The molecule has 0 aliphatic carbocycles. The molecule has 34 heavy (non-hydrogen) atoms. The third-order valence-corrected chi connectivity index (χ3v) is 5.50. The van der Waals surface area contributed by atoms with Gasteiger partial charge in [-0.1, -0.05) is 0 Å². The van der Waals surface area contributed by atoms with Crippen molar-refractivity contribution in [3.8, 4) is 33.9 Å². The first-order chi connectivity index (χ1) is 16.7. The van der Waals surface area contributed by atoms with Gasteiger partial charge in [-0.25, -0.2) is 15.0 Å². The molecule has 0 atom stereocenters. The Balaban J connectivity index is 1.45. The Morgan fingerprint density at radius 3 is 2.62 bits per heavy atom. The molecule has 6 rings (SSSR count). The van der Waals surface area contributed by atoms with Crippen molar-refractivity contribution in [1.82, 2.24) is 40.1 Å². The first-order valence-corrected chi connectivity index (χ1v) is 11.0. The van der Waals surface area contributed by atoms with Crippen LogP contribution in [0.2, 0.25) is 0 Å². The van der Waals surface area contributed by atoms with E-state index in [1.54, 1.807) is 18.6 Å². The minimum atomic E-state index is 0.312. The van der Waals surface area contributed by atoms with E-state index >= 15 is 0 Å². The Kier molecular flexibility index (Phi) is 4.72. The second-order valence-corrected chi connectivity index (χ2v) is 8.30. The Morgan fingerprint density at radius 1 is 0.882 bits per heavy atom. The minimum Gasteiger partial charge on any atom is -0.382 e. The zero-order valence-electron chi connectivity index (χ0n) is 18.6. The van der Waals surface area contributed by atoms with Crippen molar-refractivity contribution in [2.24, 2.45) is 0 Å². The molecule has 0 unspecified atom stereocenters. The molecule has 6 aromatic heterocycles. The maximum Gasteiger partial charge on any atom is 0.178 e. The molecule has 0 spiro atoms. The third-order valence-electron chi connectivity index (χ3n) is 5.50. The van der Waals surface area contributed by atoms with Crippen LogP contribution in [0.4, 0.5) is 5.69 Å². The van der Waals surface area contributed by atoms with Gasteiger partial charge in [-0.3, -0.25) is 15.1 Å². The summed E-state index contributed by atoms with van der Waals surface area (Å²) in [6.07, 6.45) is 8.92. The number of rotatable bonds is 5. The summed E-state index contributed by atoms with van der Waals surface area (Å²) in [5, 5.41) is 11.0. The molecule has 166 valence electrons. The predicted molar refractivity (Wildman–Crippen MR) is 132 cm³/mol. The van der Waals surface area contributed by atoms with Crippen LogP contribution in [0.25, 0.3) is 56.1 Å². The lowest BCUT2D eigenvalue weighted by Crippen LogP contribution is -2.09. The van der Waals surface area contributed by atoms with Gasteiger partial charge in [0, 0.05) is 48.2 Å². The molecule has 0 saturated carbocycles. The van der Waals surface area contributed by atoms with E-state index in [4.69, 9.17) is 9.97 Å². The highest BCUT2D eigenvalue weighted by molar-refractivity contribution is 5.94. The van der Waals surface area contributed by atoms with Gasteiger partial charge in [0.25, 0.3) is 0 Å². The number of anilines is 1. The quantitative estimate of drug-likeness (QED) is 0.346. The van der Waals surface area contributed by atoms with Crippen molar-refractivity contribution < 1.29 is 0 Å². The minimum absolute atomic E-state index is 0.312. The normalized spacial score (nSPS) is 11.5. The SMILES string of the molecule is CC(C)Nc1cncc(-c2ccc3[nH]nc(-c4nc5nccc(-c6ccncc6)c5[nH]4)c3n2)c1. The topological polar surface area (TPSA) is 121 Å². The average Bonchev–Trinajstić information content (AvgIpc) is 3.48. The lowest BCUT2D eigenvalue weighted by atomic mass is 10.1. The fourth-order valence-corrected chi connectivity index (χ4v) is 4.01. The van der Waals surface area contributed by atoms with Crippen LogP contribution >= 0.6 is 0 Å². The second-order valence-electron chi connectivity index (χ2n) is 8.30. The van der Waals surface area contributed by atoms with Gasteiger partial charge < -0.3 is 10.3 Å². The molecule has 0 fully saturated rings. The van der Waals surface area contributed by atoms with Gasteiger partial charge in [0.05, 0.1) is 22.4 Å². The molecule has 6 heterocycles. The zero-order chi connectivity index (χ0) is 23.1. The molecule has 0 aliphatic heterocycles. The molecule has 0 aromatic carbocycles. The van der Waals surface area contributed by atoms with Crippen LogP contribution in [0.1, 0.15) is 13.8 Å². The number of nitrogens with one attached hydrogen (secondary N) is 3. The van der Waals surface area contributed by atoms with Crippen LogP contribution in [0.15, 0.2) is 67.4 Å². The number of imidazole rings is 1. The van der Waals surface area contributed by atoms with Gasteiger partial charge in [0.15, 0.2) is 17.2 Å². The number of pyridine rings is 4. The molecule has 9 nitrogen and oxygen atoms in total. The number of aromatic amines is 2. The average molecular weight is 448 g/mol. The van der Waals surface area contributed by atoms with E-state index in [9.17, 15) is 0 Å². The summed E-state index contributed by atoms with van der Waals surface area (Å²) in [6, 6.07) is 12.2. The van der Waals surface area contributed by atoms with Crippen LogP contribution in [0.3, 0.4) is 0 Å². The fourth-order valence-electron chi connectivity index (χ4n) is 4.01. The van der Waals surface area contributed by atoms with Crippen LogP contribution in [0, 0.1) is 0 Å². The van der Waals surface area contributed by atoms with E-state index in [2.05, 4.69) is 49.3 Å². The molecule has 0 saturated heterocycles. The fraction of sp³-hybridized carbons (Fsp3) is 0.120. The molecule has 0 radical (unpaired) electrons. The summed E-state index contributed by atoms with van der Waals surface area (Å²) in [5.74, 6) is 0.605. The summed E-state index contributed by atoms with van der Waals surface area (Å²) in [5.41, 5.74) is 8.37. The van der Waals surface area contributed by atoms with Crippen molar-refractivity contribution in [2.75, 3.05) is 5.32 Å².